The number of nitrogens with one attached hydrogen (secondary N) is 1. The van der Waals surface area contributed by atoms with E-state index in [2.05, 4.69) is 5.32 Å². The van der Waals surface area contributed by atoms with E-state index >= 15 is 0 Å². The van der Waals surface area contributed by atoms with E-state index in [0.29, 0.717) is 12.0 Å². The van der Waals surface area contributed by atoms with Gasteiger partial charge >= 0.3 is 0 Å². The molecule has 1 saturated carbocycles. The van der Waals surface area contributed by atoms with Crippen LogP contribution in [0.1, 0.15) is 17.9 Å². The average molecular weight is 422 g/mol. The van der Waals surface area contributed by atoms with Gasteiger partial charge in [0.2, 0.25) is 15.9 Å². The highest BCUT2D eigenvalue weighted by Gasteiger charge is 2.45. The maximum absolute atomic E-state index is 14.3. The van der Waals surface area contributed by atoms with Crippen molar-refractivity contribution >= 4 is 21.6 Å². The van der Waals surface area contributed by atoms with Gasteiger partial charge in [-0.1, -0.05) is 18.2 Å². The second kappa shape index (κ2) is 7.81. The number of morpholine rings is 1. The van der Waals surface area contributed by atoms with Crippen molar-refractivity contribution in [1.29, 1.82) is 0 Å². The summed E-state index contributed by atoms with van der Waals surface area (Å²) in [6, 6.07) is 9.76. The monoisotopic (exact) mass is 422 g/mol. The molecule has 0 bridgehead atoms. The Labute approximate surface area is 167 Å². The largest absolute Gasteiger partial charge is 0.379 e. The third-order valence-electron chi connectivity index (χ3n) is 5.22. The molecule has 2 unspecified atom stereocenters. The molecule has 6 nitrogen and oxygen atoms in total. The number of ether oxygens (including phenoxy) is 1. The molecule has 1 aliphatic carbocycles. The van der Waals surface area contributed by atoms with Crippen LogP contribution in [0.4, 0.5) is 14.5 Å². The molecule has 1 heterocycles. The molecule has 2 atom stereocenters. The smallest absolute Gasteiger partial charge is 0.246 e. The van der Waals surface area contributed by atoms with Crippen LogP contribution in [0.15, 0.2) is 47.4 Å². The topological polar surface area (TPSA) is 75.7 Å². The third kappa shape index (κ3) is 4.03. The molecule has 1 N–H and O–H groups in total. The molecule has 0 radical (unpaired) electrons. The molecule has 4 rings (SSSR count). The van der Waals surface area contributed by atoms with E-state index in [1.54, 1.807) is 18.2 Å². The zero-order valence-corrected chi connectivity index (χ0v) is 16.3. The molecule has 1 saturated heterocycles. The van der Waals surface area contributed by atoms with Crippen molar-refractivity contribution in [1.82, 2.24) is 4.31 Å². The predicted octanol–water partition coefficient (Wildman–Crippen LogP) is 2.73. The highest BCUT2D eigenvalue weighted by molar-refractivity contribution is 7.89. The molecule has 2 aromatic carbocycles. The number of anilines is 1. The Bertz CT molecular complexity index is 1040. The zero-order chi connectivity index (χ0) is 20.6. The predicted molar refractivity (Wildman–Crippen MR) is 102 cm³/mol. The van der Waals surface area contributed by atoms with E-state index in [9.17, 15) is 22.0 Å². The van der Waals surface area contributed by atoms with Gasteiger partial charge in [-0.25, -0.2) is 17.2 Å². The van der Waals surface area contributed by atoms with Crippen LogP contribution in [0.3, 0.4) is 0 Å². The summed E-state index contributed by atoms with van der Waals surface area (Å²) in [5, 5.41) is 2.63. The fraction of sp³-hybridized carbons (Fsp3) is 0.350. The minimum Gasteiger partial charge on any atom is -0.379 e. The van der Waals surface area contributed by atoms with Gasteiger partial charge in [0.1, 0.15) is 16.5 Å². The maximum atomic E-state index is 14.3. The molecule has 0 spiro atoms. The Morgan fingerprint density at radius 1 is 1.07 bits per heavy atom. The summed E-state index contributed by atoms with van der Waals surface area (Å²) in [7, 11) is -4.04. The van der Waals surface area contributed by atoms with Crippen molar-refractivity contribution in [3.05, 3.63) is 59.7 Å². The summed E-state index contributed by atoms with van der Waals surface area (Å²) in [6.45, 7) is 0.780. The molecule has 0 aromatic heterocycles. The van der Waals surface area contributed by atoms with Gasteiger partial charge in [-0.3, -0.25) is 4.79 Å². The van der Waals surface area contributed by atoms with Crippen LogP contribution < -0.4 is 5.32 Å². The normalized spacial score (nSPS) is 22.3. The van der Waals surface area contributed by atoms with Crippen LogP contribution in [-0.4, -0.2) is 44.9 Å². The number of amides is 1. The number of hydrogen-bond donors (Lipinski definition) is 1. The number of halogens is 2. The van der Waals surface area contributed by atoms with Gasteiger partial charge in [-0.05, 0) is 42.2 Å². The van der Waals surface area contributed by atoms with Crippen LogP contribution in [0.5, 0.6) is 0 Å². The van der Waals surface area contributed by atoms with Gasteiger partial charge in [-0.2, -0.15) is 4.31 Å². The fourth-order valence-corrected chi connectivity index (χ4v) is 5.04. The minimum atomic E-state index is -4.04. The van der Waals surface area contributed by atoms with Gasteiger partial charge in [0.05, 0.1) is 13.2 Å². The van der Waals surface area contributed by atoms with Crippen molar-refractivity contribution in [2.45, 2.75) is 17.2 Å². The van der Waals surface area contributed by atoms with Crippen LogP contribution in [0, 0.1) is 17.6 Å². The van der Waals surface area contributed by atoms with Crippen molar-refractivity contribution in [2.75, 3.05) is 31.6 Å². The van der Waals surface area contributed by atoms with E-state index in [1.807, 2.05) is 0 Å². The van der Waals surface area contributed by atoms with Crippen LogP contribution in [0.2, 0.25) is 0 Å². The molecule has 2 aliphatic rings. The second-order valence-electron chi connectivity index (χ2n) is 7.12. The number of carbonyl (C=O) groups is 1. The lowest BCUT2D eigenvalue weighted by Crippen LogP contribution is -2.40. The first-order chi connectivity index (χ1) is 13.9. The SMILES string of the molecule is O=C(Nc1ccc(F)c(S(=O)(=O)N2CCOCC2)c1)C1CC1c1ccccc1F. The quantitative estimate of drug-likeness (QED) is 0.804. The van der Waals surface area contributed by atoms with Crippen molar-refractivity contribution < 1.29 is 26.7 Å². The zero-order valence-electron chi connectivity index (χ0n) is 15.5. The Hall–Kier alpha value is -2.36. The van der Waals surface area contributed by atoms with Crippen LogP contribution >= 0.6 is 0 Å². The molecule has 9 heteroatoms. The summed E-state index contributed by atoms with van der Waals surface area (Å²) in [4.78, 5) is 12.0. The summed E-state index contributed by atoms with van der Waals surface area (Å²) >= 11 is 0. The first-order valence-electron chi connectivity index (χ1n) is 9.30. The van der Waals surface area contributed by atoms with Crippen molar-refractivity contribution in [2.24, 2.45) is 5.92 Å². The van der Waals surface area contributed by atoms with Gasteiger partial charge in [0.15, 0.2) is 0 Å². The fourth-order valence-electron chi connectivity index (χ4n) is 3.54. The number of benzene rings is 2. The van der Waals surface area contributed by atoms with E-state index < -0.39 is 26.7 Å². The molecule has 2 aromatic rings. The maximum Gasteiger partial charge on any atom is 0.246 e. The Kier molecular flexibility index (Phi) is 5.37. The Morgan fingerprint density at radius 3 is 2.52 bits per heavy atom. The molecule has 1 aliphatic heterocycles. The van der Waals surface area contributed by atoms with Gasteiger partial charge < -0.3 is 10.1 Å². The van der Waals surface area contributed by atoms with Crippen molar-refractivity contribution in [3.63, 3.8) is 0 Å². The Balaban J connectivity index is 1.50. The highest BCUT2D eigenvalue weighted by Crippen LogP contribution is 2.48. The van der Waals surface area contributed by atoms with E-state index in [1.165, 1.54) is 12.1 Å². The average Bonchev–Trinajstić information content (AvgIpc) is 3.51. The molecule has 2 fully saturated rings. The molecular weight excluding hydrogens is 402 g/mol. The lowest BCUT2D eigenvalue weighted by molar-refractivity contribution is -0.117. The number of carbonyl (C=O) groups excluding carboxylic acids is 1. The molecule has 1 amide bonds. The number of nitrogens with zero attached hydrogens (tertiary/aromatic N) is 1. The van der Waals surface area contributed by atoms with Gasteiger partial charge in [-0.15, -0.1) is 0 Å². The van der Waals surface area contributed by atoms with E-state index in [0.717, 1.165) is 16.4 Å². The first kappa shape index (κ1) is 19.9. The van der Waals surface area contributed by atoms with Gasteiger partial charge in [0, 0.05) is 24.7 Å². The minimum absolute atomic E-state index is 0.144. The number of rotatable bonds is 5. The van der Waals surface area contributed by atoms with Gasteiger partial charge in [0.25, 0.3) is 0 Å². The number of sulfonamides is 1. The lowest BCUT2D eigenvalue weighted by Gasteiger charge is -2.26. The van der Waals surface area contributed by atoms with E-state index in [4.69, 9.17) is 4.74 Å². The third-order valence-corrected chi connectivity index (χ3v) is 7.13. The van der Waals surface area contributed by atoms with Crippen molar-refractivity contribution in [3.8, 4) is 0 Å². The lowest BCUT2D eigenvalue weighted by atomic mass is 10.1. The molecular formula is C20H20F2N2O4S. The van der Waals surface area contributed by atoms with Crippen LogP contribution in [-0.2, 0) is 19.6 Å². The highest BCUT2D eigenvalue weighted by atomic mass is 32.2. The van der Waals surface area contributed by atoms with E-state index in [-0.39, 0.29) is 49.6 Å². The second-order valence-corrected chi connectivity index (χ2v) is 9.03. The summed E-state index contributed by atoms with van der Waals surface area (Å²) in [5.41, 5.74) is 0.671. The summed E-state index contributed by atoms with van der Waals surface area (Å²) in [5.74, 6) is -2.21. The summed E-state index contributed by atoms with van der Waals surface area (Å²) in [6.07, 6.45) is 0.507. The number of hydrogen-bond acceptors (Lipinski definition) is 4. The summed E-state index contributed by atoms with van der Waals surface area (Å²) < 4.78 is 60.0. The Morgan fingerprint density at radius 2 is 1.79 bits per heavy atom. The molecule has 29 heavy (non-hydrogen) atoms. The molecule has 154 valence electrons. The van der Waals surface area contributed by atoms with Crippen LogP contribution in [0.25, 0.3) is 0 Å². The first-order valence-corrected chi connectivity index (χ1v) is 10.7. The standard InChI is InChI=1S/C20H20F2N2O4S/c21-17-4-2-1-3-14(17)15-12-16(15)20(25)23-13-5-6-18(22)19(11-13)29(26,27)24-7-9-28-10-8-24/h1-6,11,15-16H,7-10,12H2,(H,23,25).